The molecule has 1 N–H and O–H groups in total. The highest BCUT2D eigenvalue weighted by Crippen LogP contribution is 2.19. The molecule has 5 nitrogen and oxygen atoms in total. The number of hydrogen-bond acceptors (Lipinski definition) is 4. The second kappa shape index (κ2) is 5.77. The maximum absolute atomic E-state index is 12.0. The van der Waals surface area contributed by atoms with Gasteiger partial charge in [0.05, 0.1) is 12.5 Å². The molecule has 0 aliphatic heterocycles. The molecule has 0 spiro atoms. The van der Waals surface area contributed by atoms with E-state index in [0.29, 0.717) is 16.7 Å². The van der Waals surface area contributed by atoms with E-state index in [9.17, 15) is 9.59 Å². The Hall–Kier alpha value is -2.30. The van der Waals surface area contributed by atoms with Gasteiger partial charge in [-0.05, 0) is 25.5 Å². The van der Waals surface area contributed by atoms with Crippen molar-refractivity contribution in [2.45, 2.75) is 26.3 Å². The minimum Gasteiger partial charge on any atom is -0.497 e. The Balaban J connectivity index is 2.45. The van der Waals surface area contributed by atoms with E-state index < -0.39 is 0 Å². The van der Waals surface area contributed by atoms with Crippen molar-refractivity contribution in [1.29, 1.82) is 0 Å². The Morgan fingerprint density at radius 3 is 2.80 bits per heavy atom. The highest BCUT2D eigenvalue weighted by Gasteiger charge is 2.14. The van der Waals surface area contributed by atoms with Crippen molar-refractivity contribution in [3.05, 3.63) is 40.2 Å². The average Bonchev–Trinajstić information content (AvgIpc) is 2.46. The molecule has 1 aromatic heterocycles. The van der Waals surface area contributed by atoms with E-state index in [2.05, 4.69) is 5.32 Å². The molecule has 1 amide bonds. The van der Waals surface area contributed by atoms with Crippen LogP contribution < -0.4 is 15.5 Å². The smallest absolute Gasteiger partial charge is 0.287 e. The second-order valence-corrected chi connectivity index (χ2v) is 4.62. The van der Waals surface area contributed by atoms with Gasteiger partial charge in [0.1, 0.15) is 11.3 Å². The van der Waals surface area contributed by atoms with Crippen LogP contribution in [0.15, 0.2) is 33.5 Å². The van der Waals surface area contributed by atoms with Crippen LogP contribution in [0, 0.1) is 0 Å². The molecule has 1 aromatic carbocycles. The number of carbonyl (C=O) groups excluding carboxylic acids is 1. The molecule has 0 bridgehead atoms. The van der Waals surface area contributed by atoms with E-state index in [1.807, 2.05) is 13.8 Å². The summed E-state index contributed by atoms with van der Waals surface area (Å²) in [5.41, 5.74) is 0.0920. The fraction of sp³-hybridized carbons (Fsp3) is 0.333. The summed E-state index contributed by atoms with van der Waals surface area (Å²) >= 11 is 0. The Bertz CT molecular complexity index is 690. The number of nitrogens with one attached hydrogen (secondary N) is 1. The van der Waals surface area contributed by atoms with Crippen molar-refractivity contribution in [1.82, 2.24) is 5.32 Å². The molecule has 1 atom stereocenters. The van der Waals surface area contributed by atoms with E-state index in [-0.39, 0.29) is 23.1 Å². The zero-order valence-electron chi connectivity index (χ0n) is 11.7. The summed E-state index contributed by atoms with van der Waals surface area (Å²) < 4.78 is 10.6. The zero-order chi connectivity index (χ0) is 14.7. The summed E-state index contributed by atoms with van der Waals surface area (Å²) in [6, 6.07) is 6.13. The van der Waals surface area contributed by atoms with Crippen LogP contribution in [0.5, 0.6) is 5.75 Å². The van der Waals surface area contributed by atoms with Crippen molar-refractivity contribution < 1.29 is 13.9 Å². The Kier molecular flexibility index (Phi) is 4.08. The molecule has 0 aliphatic carbocycles. The maximum Gasteiger partial charge on any atom is 0.287 e. The monoisotopic (exact) mass is 275 g/mol. The lowest BCUT2D eigenvalue weighted by atomic mass is 10.2. The Labute approximate surface area is 116 Å². The molecule has 0 saturated heterocycles. The first kappa shape index (κ1) is 14.1. The van der Waals surface area contributed by atoms with E-state index in [4.69, 9.17) is 9.15 Å². The van der Waals surface area contributed by atoms with Gasteiger partial charge in [0.2, 0.25) is 0 Å². The molecule has 1 heterocycles. The number of ether oxygens (including phenoxy) is 1. The van der Waals surface area contributed by atoms with Gasteiger partial charge in [-0.25, -0.2) is 0 Å². The van der Waals surface area contributed by atoms with Gasteiger partial charge in [-0.2, -0.15) is 0 Å². The van der Waals surface area contributed by atoms with Crippen LogP contribution in [-0.2, 0) is 0 Å². The first-order valence-electron chi connectivity index (χ1n) is 6.48. The second-order valence-electron chi connectivity index (χ2n) is 4.62. The molecule has 0 saturated carbocycles. The quantitative estimate of drug-likeness (QED) is 0.929. The van der Waals surface area contributed by atoms with Gasteiger partial charge in [0.25, 0.3) is 5.91 Å². The zero-order valence-corrected chi connectivity index (χ0v) is 11.7. The van der Waals surface area contributed by atoms with Crippen LogP contribution in [0.1, 0.15) is 30.8 Å². The minimum absolute atomic E-state index is 0.0102. The minimum atomic E-state index is -0.388. The third-order valence-corrected chi connectivity index (χ3v) is 3.15. The lowest BCUT2D eigenvalue weighted by Crippen LogP contribution is -2.32. The molecule has 0 aliphatic rings. The van der Waals surface area contributed by atoms with Gasteiger partial charge in [-0.1, -0.05) is 6.92 Å². The van der Waals surface area contributed by atoms with Gasteiger partial charge in [-0.15, -0.1) is 0 Å². The fourth-order valence-corrected chi connectivity index (χ4v) is 1.77. The van der Waals surface area contributed by atoms with Crippen LogP contribution >= 0.6 is 0 Å². The van der Waals surface area contributed by atoms with Gasteiger partial charge >= 0.3 is 0 Å². The van der Waals surface area contributed by atoms with E-state index in [1.165, 1.54) is 13.2 Å². The van der Waals surface area contributed by atoms with Crippen molar-refractivity contribution in [2.24, 2.45) is 0 Å². The first-order valence-corrected chi connectivity index (χ1v) is 6.48. The van der Waals surface area contributed by atoms with Crippen LogP contribution in [0.4, 0.5) is 0 Å². The summed E-state index contributed by atoms with van der Waals surface area (Å²) in [5, 5.41) is 3.19. The van der Waals surface area contributed by atoms with Gasteiger partial charge in [0.15, 0.2) is 11.2 Å². The molecule has 106 valence electrons. The first-order chi connectivity index (χ1) is 9.55. The molecule has 1 unspecified atom stereocenters. The normalized spacial score (nSPS) is 12.2. The van der Waals surface area contributed by atoms with Crippen LogP contribution in [-0.4, -0.2) is 19.1 Å². The Morgan fingerprint density at radius 1 is 1.40 bits per heavy atom. The van der Waals surface area contributed by atoms with Crippen molar-refractivity contribution in [2.75, 3.05) is 7.11 Å². The predicted molar refractivity (Wildman–Crippen MR) is 76.3 cm³/mol. The number of hydrogen-bond donors (Lipinski definition) is 1. The van der Waals surface area contributed by atoms with Crippen molar-refractivity contribution >= 4 is 16.9 Å². The summed E-state index contributed by atoms with van der Waals surface area (Å²) in [6.45, 7) is 3.85. The molecular weight excluding hydrogens is 258 g/mol. The van der Waals surface area contributed by atoms with E-state index in [0.717, 1.165) is 6.42 Å². The van der Waals surface area contributed by atoms with Gasteiger partial charge in [-0.3, -0.25) is 9.59 Å². The lowest BCUT2D eigenvalue weighted by Gasteiger charge is -2.10. The molecule has 2 aromatic rings. The van der Waals surface area contributed by atoms with Crippen molar-refractivity contribution in [3.63, 3.8) is 0 Å². The molecule has 20 heavy (non-hydrogen) atoms. The molecular formula is C15H17NO4. The van der Waals surface area contributed by atoms with E-state index in [1.54, 1.807) is 18.2 Å². The standard InChI is InChI=1S/C15H17NO4/c1-4-9(2)16-15(18)14-8-12(17)11-6-5-10(19-3)7-13(11)20-14/h5-9H,4H2,1-3H3,(H,16,18). The van der Waals surface area contributed by atoms with Crippen LogP contribution in [0.25, 0.3) is 11.0 Å². The highest BCUT2D eigenvalue weighted by atomic mass is 16.5. The lowest BCUT2D eigenvalue weighted by molar-refractivity contribution is 0.0912. The maximum atomic E-state index is 12.0. The predicted octanol–water partition coefficient (Wildman–Crippen LogP) is 2.33. The number of rotatable bonds is 4. The SMILES string of the molecule is CCC(C)NC(=O)c1cc(=O)c2ccc(OC)cc2o1. The molecule has 5 heteroatoms. The summed E-state index contributed by atoms with van der Waals surface area (Å²) in [4.78, 5) is 24.0. The van der Waals surface area contributed by atoms with Crippen LogP contribution in [0.3, 0.4) is 0 Å². The largest absolute Gasteiger partial charge is 0.497 e. The summed E-state index contributed by atoms with van der Waals surface area (Å²) in [6.07, 6.45) is 0.803. The number of carbonyl (C=O) groups is 1. The number of amides is 1. The summed E-state index contributed by atoms with van der Waals surface area (Å²) in [5.74, 6) is 0.192. The summed E-state index contributed by atoms with van der Waals surface area (Å²) in [7, 11) is 1.53. The highest BCUT2D eigenvalue weighted by molar-refractivity contribution is 5.93. The fourth-order valence-electron chi connectivity index (χ4n) is 1.77. The number of benzene rings is 1. The molecule has 2 rings (SSSR count). The van der Waals surface area contributed by atoms with E-state index >= 15 is 0 Å². The van der Waals surface area contributed by atoms with Gasteiger partial charge < -0.3 is 14.5 Å². The molecule has 0 fully saturated rings. The topological polar surface area (TPSA) is 68.5 Å². The number of fused-ring (bicyclic) bond motifs is 1. The van der Waals surface area contributed by atoms with Crippen molar-refractivity contribution in [3.8, 4) is 5.75 Å². The Morgan fingerprint density at radius 2 is 2.15 bits per heavy atom. The molecule has 0 radical (unpaired) electrons. The van der Waals surface area contributed by atoms with Gasteiger partial charge in [0, 0.05) is 18.2 Å². The van der Waals surface area contributed by atoms with Crippen LogP contribution in [0.2, 0.25) is 0 Å². The number of methoxy groups -OCH3 is 1. The third kappa shape index (κ3) is 2.82. The average molecular weight is 275 g/mol. The third-order valence-electron chi connectivity index (χ3n) is 3.15.